The second kappa shape index (κ2) is 29.7. The van der Waals surface area contributed by atoms with Gasteiger partial charge >= 0.3 is 11.9 Å². The van der Waals surface area contributed by atoms with E-state index >= 15 is 0 Å². The minimum atomic E-state index is -0.791. The first-order valence-electron chi connectivity index (χ1n) is 22.3. The smallest absolute Gasteiger partial charge is 0.306 e. The summed E-state index contributed by atoms with van der Waals surface area (Å²) in [5.41, 5.74) is 5.40. The molecule has 1 N–H and O–H groups in total. The molecule has 0 radical (unpaired) electrons. The maximum atomic E-state index is 12.3. The highest BCUT2D eigenvalue weighted by molar-refractivity contribution is 5.70. The van der Waals surface area contributed by atoms with E-state index in [1.54, 1.807) is 0 Å². The van der Waals surface area contributed by atoms with Gasteiger partial charge in [-0.25, -0.2) is 0 Å². The molecule has 0 spiro atoms. The van der Waals surface area contributed by atoms with E-state index in [1.807, 2.05) is 0 Å². The molecular weight excluding hydrogens is 677 g/mol. The first kappa shape index (κ1) is 47.6. The molecule has 0 bridgehead atoms. The molecule has 2 rings (SSSR count). The molecule has 2 aromatic heterocycles. The average Bonchev–Trinajstić information content (AvgIpc) is 3.59. The van der Waals surface area contributed by atoms with E-state index in [2.05, 4.69) is 41.5 Å². The number of esters is 2. The van der Waals surface area contributed by atoms with E-state index in [1.165, 1.54) is 142 Å². The molecule has 0 saturated carbocycles. The second-order valence-corrected chi connectivity index (χ2v) is 15.9. The third-order valence-corrected chi connectivity index (χ3v) is 11.3. The topological polar surface area (TPSA) is 99.1 Å². The summed E-state index contributed by atoms with van der Waals surface area (Å²) in [4.78, 5) is 24.5. The van der Waals surface area contributed by atoms with Gasteiger partial charge in [0.2, 0.25) is 0 Å². The zero-order valence-corrected chi connectivity index (χ0v) is 35.7. The molecule has 0 saturated heterocycles. The fourth-order valence-corrected chi connectivity index (χ4v) is 7.37. The lowest BCUT2D eigenvalue weighted by molar-refractivity contribution is -0.161. The summed E-state index contributed by atoms with van der Waals surface area (Å²) in [6, 6.07) is 0. The number of carbonyl (C=O) groups excluding carboxylic acids is 2. The molecule has 2 aromatic rings. The number of aryl methyl sites for hydroxylation is 4. The van der Waals surface area contributed by atoms with E-state index in [9.17, 15) is 14.7 Å². The Morgan fingerprint density at radius 1 is 0.481 bits per heavy atom. The zero-order chi connectivity index (χ0) is 39.4. The summed E-state index contributed by atoms with van der Waals surface area (Å²) < 4.78 is 23.0. The Balaban J connectivity index is 1.37. The molecule has 0 aliphatic carbocycles. The van der Waals surface area contributed by atoms with Gasteiger partial charge in [0.25, 0.3) is 0 Å². The van der Waals surface area contributed by atoms with Crippen LogP contribution in [0.5, 0.6) is 0 Å². The van der Waals surface area contributed by atoms with Crippen LogP contribution in [-0.2, 0) is 44.7 Å². The molecule has 310 valence electrons. The van der Waals surface area contributed by atoms with Gasteiger partial charge in [-0.2, -0.15) is 0 Å². The summed E-state index contributed by atoms with van der Waals surface area (Å²) in [5, 5.41) is 9.63. The Morgan fingerprint density at radius 3 is 1.22 bits per heavy atom. The van der Waals surface area contributed by atoms with Crippen LogP contribution in [0.4, 0.5) is 0 Å². The normalized spacial score (nSPS) is 12.1. The number of aliphatic hydroxyl groups is 1. The fraction of sp³-hybridized carbons (Fsp3) is 0.787. The average molecular weight is 757 g/mol. The van der Waals surface area contributed by atoms with Crippen LogP contribution < -0.4 is 0 Å². The van der Waals surface area contributed by atoms with Crippen molar-refractivity contribution in [1.29, 1.82) is 0 Å². The summed E-state index contributed by atoms with van der Waals surface area (Å²) in [7, 11) is 0. The van der Waals surface area contributed by atoms with Crippen molar-refractivity contribution in [3.05, 3.63) is 45.3 Å². The van der Waals surface area contributed by atoms with E-state index in [0.717, 1.165) is 70.6 Å². The van der Waals surface area contributed by atoms with Gasteiger partial charge in [-0.3, -0.25) is 9.59 Å². The number of rotatable bonds is 34. The predicted molar refractivity (Wildman–Crippen MR) is 221 cm³/mol. The van der Waals surface area contributed by atoms with Gasteiger partial charge in [0, 0.05) is 38.5 Å². The molecule has 54 heavy (non-hydrogen) atoms. The maximum Gasteiger partial charge on any atom is 0.306 e. The third-order valence-electron chi connectivity index (χ3n) is 11.3. The molecule has 0 aromatic carbocycles. The first-order valence-corrected chi connectivity index (χ1v) is 22.3. The largest absolute Gasteiger partial charge is 0.466 e. The van der Waals surface area contributed by atoms with Crippen molar-refractivity contribution in [3.63, 3.8) is 0 Å². The lowest BCUT2D eigenvalue weighted by Crippen LogP contribution is -2.28. The van der Waals surface area contributed by atoms with Gasteiger partial charge in [0.15, 0.2) is 6.10 Å². The van der Waals surface area contributed by atoms with Crippen LogP contribution in [0.3, 0.4) is 0 Å². The molecule has 0 aliphatic rings. The van der Waals surface area contributed by atoms with Crippen LogP contribution in [0.15, 0.2) is 8.83 Å². The summed E-state index contributed by atoms with van der Waals surface area (Å²) in [5.74, 6) is 4.13. The number of ether oxygens (including phenoxy) is 2. The van der Waals surface area contributed by atoms with Crippen molar-refractivity contribution in [3.8, 4) is 0 Å². The number of hydrogen-bond acceptors (Lipinski definition) is 7. The van der Waals surface area contributed by atoms with E-state index in [-0.39, 0.29) is 25.2 Å². The van der Waals surface area contributed by atoms with E-state index in [4.69, 9.17) is 18.3 Å². The van der Waals surface area contributed by atoms with Gasteiger partial charge in [0.05, 0.1) is 6.61 Å². The van der Waals surface area contributed by atoms with Crippen molar-refractivity contribution >= 4 is 11.9 Å². The lowest BCUT2D eigenvalue weighted by atomic mass is 10.0. The standard InChI is InChI=1S/C47H80O7/c1-7-9-24-30-43-39(5)40(6)45(54-43)32-26-20-16-12-10-11-13-19-23-28-34-47(50)52-41(35-48)36-51-46(49)33-27-22-18-15-14-17-21-25-31-44-38(4)37(3)42(53-44)29-8-2/h41,48H,7-36H2,1-6H3/t41-/m0/s1. The molecule has 7 heteroatoms. The van der Waals surface area contributed by atoms with Gasteiger partial charge < -0.3 is 23.4 Å². The third kappa shape index (κ3) is 19.9. The highest BCUT2D eigenvalue weighted by Crippen LogP contribution is 2.26. The summed E-state index contributed by atoms with van der Waals surface area (Å²) >= 11 is 0. The SMILES string of the molecule is CCCCCc1oc(CCCCCCCCCCCCC(=O)O[C@@H](CO)COC(=O)CCCCCCCCCCc2oc(CCC)c(C)c2C)c(C)c1C. The highest BCUT2D eigenvalue weighted by atomic mass is 16.6. The molecule has 0 unspecified atom stereocenters. The van der Waals surface area contributed by atoms with Crippen LogP contribution in [-0.4, -0.2) is 36.4 Å². The summed E-state index contributed by atoms with van der Waals surface area (Å²) in [6.45, 7) is 12.8. The van der Waals surface area contributed by atoms with Crippen molar-refractivity contribution in [2.24, 2.45) is 0 Å². The van der Waals surface area contributed by atoms with Crippen molar-refractivity contribution in [2.45, 2.75) is 227 Å². The van der Waals surface area contributed by atoms with E-state index in [0.29, 0.717) is 12.8 Å². The van der Waals surface area contributed by atoms with Crippen LogP contribution in [0.2, 0.25) is 0 Å². The number of aliphatic hydroxyl groups excluding tert-OH is 1. The van der Waals surface area contributed by atoms with Crippen molar-refractivity contribution < 1.29 is 33.0 Å². The van der Waals surface area contributed by atoms with Gasteiger partial charge in [-0.05, 0) is 88.5 Å². The molecular formula is C47H80O7. The molecule has 0 amide bonds. The van der Waals surface area contributed by atoms with E-state index < -0.39 is 6.10 Å². The highest BCUT2D eigenvalue weighted by Gasteiger charge is 2.17. The number of unbranched alkanes of at least 4 members (excludes halogenated alkanes) is 18. The van der Waals surface area contributed by atoms with Gasteiger partial charge in [-0.15, -0.1) is 0 Å². The van der Waals surface area contributed by atoms with Crippen molar-refractivity contribution in [1.82, 2.24) is 0 Å². The van der Waals surface area contributed by atoms with Gasteiger partial charge in [-0.1, -0.05) is 117 Å². The Hall–Kier alpha value is -2.54. The minimum Gasteiger partial charge on any atom is -0.466 e. The fourth-order valence-electron chi connectivity index (χ4n) is 7.37. The number of hydrogen-bond donors (Lipinski definition) is 1. The molecule has 0 fully saturated rings. The molecule has 1 atom stereocenters. The van der Waals surface area contributed by atoms with Crippen LogP contribution in [0, 0.1) is 27.7 Å². The molecule has 2 heterocycles. The Labute approximate surface area is 330 Å². The Kier molecular flexibility index (Phi) is 26.2. The monoisotopic (exact) mass is 757 g/mol. The zero-order valence-electron chi connectivity index (χ0n) is 35.7. The van der Waals surface area contributed by atoms with Crippen LogP contribution in [0.25, 0.3) is 0 Å². The lowest BCUT2D eigenvalue weighted by Gasteiger charge is -2.15. The quantitative estimate of drug-likeness (QED) is 0.0560. The molecule has 7 nitrogen and oxygen atoms in total. The molecule has 0 aliphatic heterocycles. The Bertz CT molecular complexity index is 1270. The predicted octanol–water partition coefficient (Wildman–Crippen LogP) is 12.8. The first-order chi connectivity index (χ1) is 26.2. The second-order valence-electron chi connectivity index (χ2n) is 15.9. The van der Waals surface area contributed by atoms with Crippen LogP contribution in [0.1, 0.15) is 213 Å². The number of carbonyl (C=O) groups is 2. The van der Waals surface area contributed by atoms with Crippen LogP contribution >= 0.6 is 0 Å². The summed E-state index contributed by atoms with van der Waals surface area (Å²) in [6.07, 6.45) is 29.6. The van der Waals surface area contributed by atoms with Crippen molar-refractivity contribution in [2.75, 3.05) is 13.2 Å². The van der Waals surface area contributed by atoms with Gasteiger partial charge in [0.1, 0.15) is 29.6 Å². The minimum absolute atomic E-state index is 0.0830. The Morgan fingerprint density at radius 2 is 0.833 bits per heavy atom. The number of furan rings is 2. The maximum absolute atomic E-state index is 12.3.